The molecular formula is C25H34N2O8. The molecule has 0 aromatic heterocycles. The van der Waals surface area contributed by atoms with Crippen LogP contribution in [0.25, 0.3) is 0 Å². The van der Waals surface area contributed by atoms with E-state index in [1.165, 1.54) is 5.56 Å². The van der Waals surface area contributed by atoms with E-state index < -0.39 is 30.2 Å². The average molecular weight is 491 g/mol. The van der Waals surface area contributed by atoms with Crippen LogP contribution in [0.4, 0.5) is 4.79 Å². The van der Waals surface area contributed by atoms with E-state index in [9.17, 15) is 14.7 Å². The molecule has 35 heavy (non-hydrogen) atoms. The van der Waals surface area contributed by atoms with E-state index in [-0.39, 0.29) is 23.9 Å². The van der Waals surface area contributed by atoms with E-state index in [0.717, 1.165) is 38.3 Å². The Morgan fingerprint density at radius 1 is 1.31 bits per heavy atom. The normalized spacial score (nSPS) is 30.5. The van der Waals surface area contributed by atoms with Crippen LogP contribution in [0, 0.1) is 5.92 Å². The van der Waals surface area contributed by atoms with Gasteiger partial charge in [-0.1, -0.05) is 6.07 Å². The number of rotatable bonds is 4. The number of nitrogens with one attached hydrogen (secondary N) is 1. The molecule has 10 heteroatoms. The van der Waals surface area contributed by atoms with Crippen LogP contribution < -0.4 is 10.1 Å². The Hall–Kier alpha value is -3.01. The van der Waals surface area contributed by atoms with Crippen molar-refractivity contribution in [1.29, 1.82) is 0 Å². The zero-order valence-corrected chi connectivity index (χ0v) is 20.6. The molecule has 6 atom stereocenters. The van der Waals surface area contributed by atoms with Crippen LogP contribution in [0.5, 0.6) is 11.5 Å². The van der Waals surface area contributed by atoms with Gasteiger partial charge in [-0.15, -0.1) is 0 Å². The number of carboxylic acids is 1. The number of aromatic hydroxyl groups is 1. The summed E-state index contributed by atoms with van der Waals surface area (Å²) in [6.45, 7) is 5.57. The molecular weight excluding hydrogens is 456 g/mol. The Morgan fingerprint density at radius 3 is 2.71 bits per heavy atom. The predicted molar refractivity (Wildman–Crippen MR) is 124 cm³/mol. The maximum Gasteiger partial charge on any atom is 0.408 e. The second-order valence-corrected chi connectivity index (χ2v) is 9.79. The van der Waals surface area contributed by atoms with E-state index in [1.807, 2.05) is 6.07 Å². The number of likely N-dealkylation sites (tertiary alicyclic amines) is 1. The number of hydrogen-bond acceptors (Lipinski definition) is 8. The van der Waals surface area contributed by atoms with Gasteiger partial charge in [-0.2, -0.15) is 0 Å². The molecule has 3 N–H and O–H groups in total. The summed E-state index contributed by atoms with van der Waals surface area (Å²) in [6, 6.07) is 3.35. The molecule has 1 aromatic rings. The highest BCUT2D eigenvalue weighted by atomic mass is 16.6. The number of amides is 1. The molecule has 1 aromatic carbocycles. The number of aliphatic carboxylic acids is 1. The number of piperidine rings is 1. The van der Waals surface area contributed by atoms with Crippen molar-refractivity contribution in [2.75, 3.05) is 20.2 Å². The monoisotopic (exact) mass is 490 g/mol. The number of phenolic OH excluding ortho intramolecular Hbond substituents is 1. The number of carbonyl (C=O) groups is 3. The van der Waals surface area contributed by atoms with Crippen molar-refractivity contribution >= 4 is 18.0 Å². The van der Waals surface area contributed by atoms with E-state index in [0.29, 0.717) is 24.1 Å². The number of likely N-dealkylation sites (N-methyl/N-ethyl adjacent to an activating group) is 1. The molecule has 5 rings (SSSR count). The minimum absolute atomic E-state index is 0.151. The molecule has 192 valence electrons. The van der Waals surface area contributed by atoms with Crippen molar-refractivity contribution in [3.8, 4) is 11.5 Å². The minimum atomic E-state index is -0.833. The first kappa shape index (κ1) is 25.1. The summed E-state index contributed by atoms with van der Waals surface area (Å²) in [7, 11) is 2.18. The first-order chi connectivity index (χ1) is 16.6. The summed E-state index contributed by atoms with van der Waals surface area (Å²) in [5.41, 5.74) is 2.10. The van der Waals surface area contributed by atoms with E-state index in [4.69, 9.17) is 24.1 Å². The molecule has 2 fully saturated rings. The maximum atomic E-state index is 12.6. The molecule has 2 aliphatic heterocycles. The summed E-state index contributed by atoms with van der Waals surface area (Å²) in [6.07, 6.45) is 2.02. The molecule has 1 saturated carbocycles. The van der Waals surface area contributed by atoms with Gasteiger partial charge in [0.2, 0.25) is 0 Å². The number of carbonyl (C=O) groups excluding carboxylic acids is 2. The van der Waals surface area contributed by atoms with E-state index in [1.54, 1.807) is 19.9 Å². The minimum Gasteiger partial charge on any atom is -0.504 e. The zero-order valence-electron chi connectivity index (χ0n) is 20.6. The standard InChI is InChI=1S/C23H30N2O6.C2H4O2/c1-4-29-21(27)12(2)24-22(28)30-17-8-6-14-15-11-13-5-7-16(26)19-18(13)23(14,20(17)31-19)9-10-25(15)3;1-2(3)4/h5,7,12,14-15,17,20,26H,4,6,8-11H2,1-3H3,(H,24,28);1H3,(H,3,4)/t12?,14-,15+,17-,20-,23-;/m0./s1. The number of nitrogens with zero attached hydrogens (tertiary/aromatic N) is 1. The Kier molecular flexibility index (Phi) is 6.86. The first-order valence-electron chi connectivity index (χ1n) is 12.2. The van der Waals surface area contributed by atoms with Gasteiger partial charge in [0.05, 0.1) is 6.61 Å². The topological polar surface area (TPSA) is 135 Å². The molecule has 1 amide bonds. The molecule has 1 unspecified atom stereocenters. The summed E-state index contributed by atoms with van der Waals surface area (Å²) in [5.74, 6) is -0.219. The van der Waals surface area contributed by atoms with Crippen molar-refractivity contribution in [2.45, 2.75) is 76.2 Å². The lowest BCUT2D eigenvalue weighted by atomic mass is 9.51. The molecule has 2 heterocycles. The van der Waals surface area contributed by atoms with Crippen molar-refractivity contribution in [3.05, 3.63) is 23.3 Å². The molecule has 2 aliphatic carbocycles. The second-order valence-electron chi connectivity index (χ2n) is 9.79. The number of hydrogen-bond donors (Lipinski definition) is 3. The Bertz CT molecular complexity index is 1010. The number of carboxylic acid groups (broad SMARTS) is 1. The highest BCUT2D eigenvalue weighted by molar-refractivity contribution is 5.81. The van der Waals surface area contributed by atoms with Crippen LogP contribution in [-0.4, -0.2) is 77.6 Å². The van der Waals surface area contributed by atoms with Crippen molar-refractivity contribution < 1.29 is 38.8 Å². The third-order valence-corrected chi connectivity index (χ3v) is 7.77. The van der Waals surface area contributed by atoms with Gasteiger partial charge in [0.15, 0.2) is 11.5 Å². The fourth-order valence-electron chi connectivity index (χ4n) is 6.48. The average Bonchev–Trinajstić information content (AvgIpc) is 3.14. The Labute approximate surface area is 204 Å². The molecule has 4 aliphatic rings. The SMILES string of the molecule is CC(=O)O.CCOC(=O)C(C)NC(=O)O[C@H]1CC[C@H]2[C@H]3Cc4ccc(O)c5c4[C@@]2(CCN3C)[C@H]1O5. The second kappa shape index (κ2) is 9.56. The van der Waals surface area contributed by atoms with Gasteiger partial charge in [-0.05, 0) is 70.7 Å². The number of benzene rings is 1. The lowest BCUT2D eigenvalue weighted by Gasteiger charge is -2.58. The third-order valence-electron chi connectivity index (χ3n) is 7.77. The number of phenols is 1. The van der Waals surface area contributed by atoms with Crippen LogP contribution in [0.15, 0.2) is 12.1 Å². The maximum absolute atomic E-state index is 12.6. The summed E-state index contributed by atoms with van der Waals surface area (Å²) in [4.78, 5) is 35.9. The molecule has 0 radical (unpaired) electrons. The highest BCUT2D eigenvalue weighted by Gasteiger charge is 2.66. The summed E-state index contributed by atoms with van der Waals surface area (Å²) in [5, 5.41) is 20.5. The molecule has 1 saturated heterocycles. The van der Waals surface area contributed by atoms with Gasteiger partial charge in [0, 0.05) is 23.9 Å². The van der Waals surface area contributed by atoms with Crippen LogP contribution >= 0.6 is 0 Å². The van der Waals surface area contributed by atoms with Crippen LogP contribution in [0.2, 0.25) is 0 Å². The molecule has 10 nitrogen and oxygen atoms in total. The lowest BCUT2D eigenvalue weighted by molar-refractivity contribution is -0.145. The Balaban J connectivity index is 0.000000672. The zero-order chi connectivity index (χ0) is 25.5. The van der Waals surface area contributed by atoms with Crippen LogP contribution in [0.3, 0.4) is 0 Å². The lowest BCUT2D eigenvalue weighted by Crippen LogP contribution is -2.66. The van der Waals surface area contributed by atoms with Gasteiger partial charge in [0.25, 0.3) is 5.97 Å². The number of esters is 1. The van der Waals surface area contributed by atoms with Gasteiger partial charge in [0.1, 0.15) is 18.2 Å². The summed E-state index contributed by atoms with van der Waals surface area (Å²) >= 11 is 0. The predicted octanol–water partition coefficient (Wildman–Crippen LogP) is 2.20. The highest BCUT2D eigenvalue weighted by Crippen LogP contribution is 2.63. The fraction of sp³-hybridized carbons (Fsp3) is 0.640. The van der Waals surface area contributed by atoms with Crippen molar-refractivity contribution in [1.82, 2.24) is 10.2 Å². The molecule has 1 spiro atoms. The number of alkyl carbamates (subject to hydrolysis) is 1. The van der Waals surface area contributed by atoms with Crippen molar-refractivity contribution in [3.63, 3.8) is 0 Å². The van der Waals surface area contributed by atoms with Crippen molar-refractivity contribution in [2.24, 2.45) is 5.92 Å². The summed E-state index contributed by atoms with van der Waals surface area (Å²) < 4.78 is 17.2. The van der Waals surface area contributed by atoms with Crippen LogP contribution in [0.1, 0.15) is 51.2 Å². The van der Waals surface area contributed by atoms with Gasteiger partial charge in [-0.25, -0.2) is 9.59 Å². The van der Waals surface area contributed by atoms with Crippen LogP contribution in [-0.2, 0) is 30.9 Å². The smallest absolute Gasteiger partial charge is 0.408 e. The third kappa shape index (κ3) is 4.28. The largest absolute Gasteiger partial charge is 0.504 e. The quantitative estimate of drug-likeness (QED) is 0.543. The van der Waals surface area contributed by atoms with Gasteiger partial charge in [-0.3, -0.25) is 4.79 Å². The van der Waals surface area contributed by atoms with Gasteiger partial charge < -0.3 is 34.6 Å². The van der Waals surface area contributed by atoms with E-state index in [2.05, 4.69) is 17.3 Å². The van der Waals surface area contributed by atoms with E-state index >= 15 is 0 Å². The Morgan fingerprint density at radius 2 is 2.03 bits per heavy atom. The van der Waals surface area contributed by atoms with Gasteiger partial charge >= 0.3 is 12.1 Å². The fourth-order valence-corrected chi connectivity index (χ4v) is 6.48. The molecule has 2 bridgehead atoms. The number of ether oxygens (including phenoxy) is 3. The first-order valence-corrected chi connectivity index (χ1v) is 12.2.